The third-order valence-electron chi connectivity index (χ3n) is 4.46. The lowest BCUT2D eigenvalue weighted by molar-refractivity contribution is 0.190. The molecule has 2 N–H and O–H groups in total. The summed E-state index contributed by atoms with van der Waals surface area (Å²) in [6.07, 6.45) is 6.23. The minimum Gasteiger partial charge on any atom is -0.493 e. The van der Waals surface area contributed by atoms with Crippen molar-refractivity contribution in [3.05, 3.63) is 60.8 Å². The Morgan fingerprint density at radius 1 is 1.27 bits per heavy atom. The maximum absolute atomic E-state index is 12.0. The Balaban J connectivity index is 1.61. The van der Waals surface area contributed by atoms with Crippen LogP contribution in [-0.2, 0) is 21.1 Å². The number of ether oxygens (including phenoxy) is 3. The third kappa shape index (κ3) is 4.23. The molecule has 2 heterocycles. The van der Waals surface area contributed by atoms with Gasteiger partial charge in [-0.1, -0.05) is 12.1 Å². The fourth-order valence-corrected chi connectivity index (χ4v) is 3.67. The first kappa shape index (κ1) is 19.8. The van der Waals surface area contributed by atoms with Crippen LogP contribution in [0, 0.1) is 4.78 Å². The van der Waals surface area contributed by atoms with Gasteiger partial charge in [-0.2, -0.15) is 0 Å². The molecule has 1 aliphatic rings. The molecule has 156 valence electrons. The van der Waals surface area contributed by atoms with Crippen LogP contribution in [0.3, 0.4) is 0 Å². The zero-order valence-corrected chi connectivity index (χ0v) is 17.3. The fraction of sp³-hybridized carbons (Fsp3) is 0.200. The van der Waals surface area contributed by atoms with Crippen molar-refractivity contribution in [2.24, 2.45) is 0 Å². The van der Waals surface area contributed by atoms with Gasteiger partial charge in [0.15, 0.2) is 24.0 Å². The van der Waals surface area contributed by atoms with E-state index in [0.29, 0.717) is 34.5 Å². The molecule has 30 heavy (non-hydrogen) atoms. The lowest BCUT2D eigenvalue weighted by Crippen LogP contribution is -2.23. The van der Waals surface area contributed by atoms with E-state index in [2.05, 4.69) is 15.4 Å². The second-order valence-corrected chi connectivity index (χ2v) is 8.84. The van der Waals surface area contributed by atoms with Crippen LogP contribution < -0.4 is 14.9 Å². The van der Waals surface area contributed by atoms with Crippen molar-refractivity contribution in [3.63, 3.8) is 0 Å². The molecule has 3 aromatic rings. The van der Waals surface area contributed by atoms with Gasteiger partial charge in [0.1, 0.15) is 19.2 Å². The summed E-state index contributed by atoms with van der Waals surface area (Å²) in [6, 6.07) is 10.6. The highest BCUT2D eigenvalue weighted by atomic mass is 32.2. The van der Waals surface area contributed by atoms with E-state index >= 15 is 0 Å². The number of anilines is 1. The number of rotatable bonds is 7. The molecule has 1 atom stereocenters. The van der Waals surface area contributed by atoms with Gasteiger partial charge < -0.3 is 14.2 Å². The number of methoxy groups -OCH3 is 1. The Kier molecular flexibility index (Phi) is 5.32. The van der Waals surface area contributed by atoms with Crippen molar-refractivity contribution in [2.45, 2.75) is 11.5 Å². The van der Waals surface area contributed by atoms with Gasteiger partial charge in [-0.05, 0) is 23.8 Å². The van der Waals surface area contributed by atoms with E-state index in [1.807, 2.05) is 12.1 Å². The smallest absolute Gasteiger partial charge is 0.178 e. The molecule has 1 aromatic heterocycles. The highest BCUT2D eigenvalue weighted by molar-refractivity contribution is 7.91. The quantitative estimate of drug-likeness (QED) is 0.591. The molecular weight excluding hydrogens is 406 g/mol. The Morgan fingerprint density at radius 3 is 2.87 bits per heavy atom. The average Bonchev–Trinajstić information content (AvgIpc) is 3.24. The van der Waals surface area contributed by atoms with Crippen LogP contribution in [0.25, 0.3) is 10.9 Å². The van der Waals surface area contributed by atoms with Gasteiger partial charge in [-0.25, -0.2) is 19.0 Å². The highest BCUT2D eigenvalue weighted by Crippen LogP contribution is 2.34. The summed E-state index contributed by atoms with van der Waals surface area (Å²) in [5.74, 6) is 1.66. The molecule has 1 unspecified atom stereocenters. The summed E-state index contributed by atoms with van der Waals surface area (Å²) in [6.45, 7) is 0.614. The normalized spacial score (nSPS) is 14.9. The lowest BCUT2D eigenvalue weighted by Gasteiger charge is -2.18. The van der Waals surface area contributed by atoms with Crippen LogP contribution in [0.5, 0.6) is 11.5 Å². The van der Waals surface area contributed by atoms with Gasteiger partial charge in [0.25, 0.3) is 0 Å². The van der Waals surface area contributed by atoms with Crippen molar-refractivity contribution in [1.29, 1.82) is 4.78 Å². The maximum Gasteiger partial charge on any atom is 0.178 e. The van der Waals surface area contributed by atoms with Gasteiger partial charge in [0, 0.05) is 22.6 Å². The van der Waals surface area contributed by atoms with Crippen molar-refractivity contribution in [1.82, 2.24) is 15.0 Å². The number of benzene rings is 2. The number of hydrogen-bond acceptors (Lipinski definition) is 9. The SMILES string of the molecule is COc1cc2c(NN3C=COC3)ncnc2cc1OCc1cccc(S(C)(=N)=O)c1. The lowest BCUT2D eigenvalue weighted by atomic mass is 10.2. The molecule has 1 aliphatic heterocycles. The summed E-state index contributed by atoms with van der Waals surface area (Å²) in [5.41, 5.74) is 4.65. The molecule has 0 saturated heterocycles. The maximum atomic E-state index is 12.0. The van der Waals surface area contributed by atoms with Crippen molar-refractivity contribution >= 4 is 26.4 Å². The Morgan fingerprint density at radius 2 is 2.13 bits per heavy atom. The van der Waals surface area contributed by atoms with Gasteiger partial charge in [-0.3, -0.25) is 10.4 Å². The minimum absolute atomic E-state index is 0.233. The van der Waals surface area contributed by atoms with Crippen LogP contribution in [0.2, 0.25) is 0 Å². The molecule has 0 radical (unpaired) electrons. The first-order valence-corrected chi connectivity index (χ1v) is 11.0. The average molecular weight is 427 g/mol. The number of hydrogen-bond donors (Lipinski definition) is 2. The second kappa shape index (κ2) is 8.07. The molecule has 0 bridgehead atoms. The largest absolute Gasteiger partial charge is 0.493 e. The second-order valence-electron chi connectivity index (χ2n) is 6.68. The van der Waals surface area contributed by atoms with E-state index in [9.17, 15) is 4.21 Å². The Bertz CT molecular complexity index is 1210. The van der Waals surface area contributed by atoms with E-state index in [-0.39, 0.29) is 6.61 Å². The van der Waals surface area contributed by atoms with Crippen LogP contribution >= 0.6 is 0 Å². The van der Waals surface area contributed by atoms with Crippen LogP contribution in [0.15, 0.2) is 60.1 Å². The first-order valence-electron chi connectivity index (χ1n) is 9.04. The predicted molar refractivity (Wildman–Crippen MR) is 112 cm³/mol. The molecule has 0 fully saturated rings. The van der Waals surface area contributed by atoms with Crippen LogP contribution in [-0.4, -0.2) is 39.3 Å². The van der Waals surface area contributed by atoms with Crippen LogP contribution in [0.4, 0.5) is 5.82 Å². The summed E-state index contributed by atoms with van der Waals surface area (Å²) in [7, 11) is -1.22. The minimum atomic E-state index is -2.79. The van der Waals surface area contributed by atoms with Crippen molar-refractivity contribution in [2.75, 3.05) is 25.5 Å². The van der Waals surface area contributed by atoms with Gasteiger partial charge in [0.05, 0.1) is 28.6 Å². The number of hydrazine groups is 1. The summed E-state index contributed by atoms with van der Waals surface area (Å²) in [4.78, 5) is 9.11. The third-order valence-corrected chi connectivity index (χ3v) is 5.62. The zero-order valence-electron chi connectivity index (χ0n) is 16.5. The number of aromatic nitrogens is 2. The van der Waals surface area contributed by atoms with Crippen molar-refractivity contribution < 1.29 is 18.4 Å². The molecule has 10 heteroatoms. The number of fused-ring (bicyclic) bond motifs is 1. The molecule has 2 aromatic carbocycles. The van der Waals surface area contributed by atoms with Gasteiger partial charge >= 0.3 is 0 Å². The summed E-state index contributed by atoms with van der Waals surface area (Å²) in [5, 5.41) is 2.52. The zero-order chi connectivity index (χ0) is 21.1. The summed E-state index contributed by atoms with van der Waals surface area (Å²) >= 11 is 0. The monoisotopic (exact) mass is 427 g/mol. The van der Waals surface area contributed by atoms with E-state index in [0.717, 1.165) is 10.9 Å². The van der Waals surface area contributed by atoms with E-state index in [1.165, 1.54) is 12.6 Å². The molecular formula is C20H21N5O4S. The Labute approximate surface area is 174 Å². The van der Waals surface area contributed by atoms with E-state index in [1.54, 1.807) is 48.8 Å². The predicted octanol–water partition coefficient (Wildman–Crippen LogP) is 3.34. The Hall–Kier alpha value is -3.53. The van der Waals surface area contributed by atoms with E-state index < -0.39 is 9.73 Å². The standard InChI is InChI=1S/C20H21N5O4S/c1-27-18-9-16-17(22-12-23-20(16)24-25-6-7-28-13-25)10-19(18)29-11-14-4-3-5-15(8-14)30(2,21)26/h3-10,12,21H,11,13H2,1-2H3,(H,22,23,24). The molecule has 9 nitrogen and oxygen atoms in total. The van der Waals surface area contributed by atoms with Crippen LogP contribution in [0.1, 0.15) is 5.56 Å². The number of nitrogens with one attached hydrogen (secondary N) is 2. The highest BCUT2D eigenvalue weighted by Gasteiger charge is 2.14. The van der Waals surface area contributed by atoms with Crippen molar-refractivity contribution in [3.8, 4) is 11.5 Å². The van der Waals surface area contributed by atoms with E-state index in [4.69, 9.17) is 19.0 Å². The van der Waals surface area contributed by atoms with Gasteiger partial charge in [0.2, 0.25) is 0 Å². The molecule has 0 aliphatic carbocycles. The topological polar surface area (TPSA) is 110 Å². The molecule has 0 amide bonds. The fourth-order valence-electron chi connectivity index (χ4n) is 2.95. The molecule has 0 spiro atoms. The molecule has 0 saturated carbocycles. The summed E-state index contributed by atoms with van der Waals surface area (Å²) < 4.78 is 36.4. The van der Waals surface area contributed by atoms with Gasteiger partial charge in [-0.15, -0.1) is 0 Å². The number of nitrogens with zero attached hydrogens (tertiary/aromatic N) is 3. The first-order chi connectivity index (χ1) is 14.4. The molecule has 4 rings (SSSR count).